The Hall–Kier alpha value is -2.20. The zero-order chi connectivity index (χ0) is 16.7. The Morgan fingerprint density at radius 2 is 1.57 bits per heavy atom. The molecule has 23 heavy (non-hydrogen) atoms. The van der Waals surface area contributed by atoms with Crippen LogP contribution in [0.2, 0.25) is 0 Å². The summed E-state index contributed by atoms with van der Waals surface area (Å²) in [6.45, 7) is 3.75. The van der Waals surface area contributed by atoms with Gasteiger partial charge in [0, 0.05) is 18.3 Å². The number of methoxy groups -OCH3 is 1. The summed E-state index contributed by atoms with van der Waals surface area (Å²) < 4.78 is 10.9. The van der Waals surface area contributed by atoms with Gasteiger partial charge in [0.25, 0.3) is 0 Å². The number of likely N-dealkylation sites (N-methyl/N-ethyl adjacent to an activating group) is 1. The number of rotatable bonds is 8. The second-order valence-electron chi connectivity index (χ2n) is 5.82. The lowest BCUT2D eigenvalue weighted by Gasteiger charge is -2.17. The maximum absolute atomic E-state index is 5.70. The Bertz CT molecular complexity index is 579. The summed E-state index contributed by atoms with van der Waals surface area (Å²) in [6.07, 6.45) is 0. The highest BCUT2D eigenvalue weighted by molar-refractivity contribution is 5.48. The van der Waals surface area contributed by atoms with Gasteiger partial charge in [-0.1, -0.05) is 12.1 Å². The van der Waals surface area contributed by atoms with Gasteiger partial charge >= 0.3 is 0 Å². The van der Waals surface area contributed by atoms with Gasteiger partial charge in [-0.05, 0) is 63.0 Å². The second kappa shape index (κ2) is 8.44. The summed E-state index contributed by atoms with van der Waals surface area (Å²) >= 11 is 0. The Kier molecular flexibility index (Phi) is 6.29. The molecule has 2 aromatic rings. The van der Waals surface area contributed by atoms with Crippen molar-refractivity contribution in [3.8, 4) is 11.5 Å². The average molecular weight is 314 g/mol. The van der Waals surface area contributed by atoms with E-state index in [9.17, 15) is 0 Å². The highest BCUT2D eigenvalue weighted by Crippen LogP contribution is 2.23. The summed E-state index contributed by atoms with van der Waals surface area (Å²) in [7, 11) is 5.76. The highest BCUT2D eigenvalue weighted by Gasteiger charge is 2.05. The molecular formula is C19H26N2O2. The molecule has 1 unspecified atom stereocenters. The molecule has 0 heterocycles. The number of hydrogen-bond donors (Lipinski definition) is 1. The molecule has 4 heteroatoms. The van der Waals surface area contributed by atoms with E-state index in [-0.39, 0.29) is 6.04 Å². The molecule has 0 radical (unpaired) electrons. The average Bonchev–Trinajstić information content (AvgIpc) is 2.56. The van der Waals surface area contributed by atoms with Crippen molar-refractivity contribution in [3.05, 3.63) is 54.1 Å². The van der Waals surface area contributed by atoms with Gasteiger partial charge in [-0.2, -0.15) is 0 Å². The number of nitrogens with zero attached hydrogens (tertiary/aromatic N) is 1. The van der Waals surface area contributed by atoms with Crippen molar-refractivity contribution < 1.29 is 9.47 Å². The van der Waals surface area contributed by atoms with Gasteiger partial charge in [0.05, 0.1) is 7.11 Å². The van der Waals surface area contributed by atoms with Gasteiger partial charge in [-0.25, -0.2) is 0 Å². The Morgan fingerprint density at radius 1 is 0.957 bits per heavy atom. The molecule has 0 amide bonds. The minimum absolute atomic E-state index is 0.224. The minimum atomic E-state index is 0.224. The van der Waals surface area contributed by atoms with Gasteiger partial charge in [-0.3, -0.25) is 0 Å². The molecule has 2 aromatic carbocycles. The van der Waals surface area contributed by atoms with E-state index in [0.29, 0.717) is 6.61 Å². The Balaban J connectivity index is 1.89. The SMILES string of the molecule is COc1ccc(C(C)Nc2ccc(OCCN(C)C)cc2)cc1. The topological polar surface area (TPSA) is 33.7 Å². The molecule has 0 aliphatic carbocycles. The third-order valence-electron chi connectivity index (χ3n) is 3.66. The van der Waals surface area contributed by atoms with E-state index in [1.807, 2.05) is 50.5 Å². The summed E-state index contributed by atoms with van der Waals surface area (Å²) in [6, 6.07) is 16.4. The maximum Gasteiger partial charge on any atom is 0.119 e. The zero-order valence-electron chi connectivity index (χ0n) is 14.4. The molecule has 2 rings (SSSR count). The highest BCUT2D eigenvalue weighted by atomic mass is 16.5. The van der Waals surface area contributed by atoms with E-state index < -0.39 is 0 Å². The van der Waals surface area contributed by atoms with Crippen molar-refractivity contribution in [3.63, 3.8) is 0 Å². The smallest absolute Gasteiger partial charge is 0.119 e. The number of hydrogen-bond acceptors (Lipinski definition) is 4. The fourth-order valence-electron chi connectivity index (χ4n) is 2.22. The van der Waals surface area contributed by atoms with Crippen LogP contribution in [0.5, 0.6) is 11.5 Å². The first-order valence-electron chi connectivity index (χ1n) is 7.86. The first kappa shape index (κ1) is 17.2. The third kappa shape index (κ3) is 5.49. The maximum atomic E-state index is 5.70. The molecule has 124 valence electrons. The van der Waals surface area contributed by atoms with E-state index >= 15 is 0 Å². The summed E-state index contributed by atoms with van der Waals surface area (Å²) in [4.78, 5) is 2.10. The number of ether oxygens (including phenoxy) is 2. The standard InChI is InChI=1S/C19H26N2O2/c1-15(16-5-9-18(22-4)10-6-16)20-17-7-11-19(12-8-17)23-14-13-21(2)3/h5-12,15,20H,13-14H2,1-4H3. The van der Waals surface area contributed by atoms with Crippen LogP contribution in [0.25, 0.3) is 0 Å². The third-order valence-corrected chi connectivity index (χ3v) is 3.66. The predicted octanol–water partition coefficient (Wildman–Crippen LogP) is 3.81. The van der Waals surface area contributed by atoms with Crippen LogP contribution in [-0.4, -0.2) is 39.3 Å². The van der Waals surface area contributed by atoms with Crippen LogP contribution < -0.4 is 14.8 Å². The van der Waals surface area contributed by atoms with Crippen LogP contribution in [0.1, 0.15) is 18.5 Å². The van der Waals surface area contributed by atoms with Crippen LogP contribution in [0.3, 0.4) is 0 Å². The van der Waals surface area contributed by atoms with Crippen LogP contribution in [0.4, 0.5) is 5.69 Å². The van der Waals surface area contributed by atoms with E-state index in [1.165, 1.54) is 5.56 Å². The lowest BCUT2D eigenvalue weighted by Crippen LogP contribution is -2.19. The molecule has 0 bridgehead atoms. The molecule has 0 saturated heterocycles. The minimum Gasteiger partial charge on any atom is -0.497 e. The summed E-state index contributed by atoms with van der Waals surface area (Å²) in [5, 5.41) is 3.49. The van der Waals surface area contributed by atoms with Crippen molar-refractivity contribution in [2.45, 2.75) is 13.0 Å². The monoisotopic (exact) mass is 314 g/mol. The van der Waals surface area contributed by atoms with Crippen LogP contribution in [0.15, 0.2) is 48.5 Å². The van der Waals surface area contributed by atoms with Crippen molar-refractivity contribution >= 4 is 5.69 Å². The number of benzene rings is 2. The van der Waals surface area contributed by atoms with Crippen LogP contribution in [0, 0.1) is 0 Å². The molecule has 1 N–H and O–H groups in total. The molecule has 1 atom stereocenters. The Morgan fingerprint density at radius 3 is 2.13 bits per heavy atom. The largest absolute Gasteiger partial charge is 0.497 e. The molecule has 0 aliphatic rings. The van der Waals surface area contributed by atoms with Crippen LogP contribution in [-0.2, 0) is 0 Å². The normalized spacial score (nSPS) is 12.0. The fourth-order valence-corrected chi connectivity index (χ4v) is 2.22. The molecule has 0 aliphatic heterocycles. The fraction of sp³-hybridized carbons (Fsp3) is 0.368. The lowest BCUT2D eigenvalue weighted by molar-refractivity contribution is 0.261. The van der Waals surface area contributed by atoms with E-state index in [0.717, 1.165) is 23.7 Å². The second-order valence-corrected chi connectivity index (χ2v) is 5.82. The number of nitrogens with one attached hydrogen (secondary N) is 1. The van der Waals surface area contributed by atoms with Crippen molar-refractivity contribution in [1.29, 1.82) is 0 Å². The lowest BCUT2D eigenvalue weighted by atomic mass is 10.1. The van der Waals surface area contributed by atoms with Gasteiger partial charge in [0.2, 0.25) is 0 Å². The van der Waals surface area contributed by atoms with Crippen molar-refractivity contribution in [2.24, 2.45) is 0 Å². The first-order chi connectivity index (χ1) is 11.1. The van der Waals surface area contributed by atoms with E-state index in [4.69, 9.17) is 9.47 Å². The quantitative estimate of drug-likeness (QED) is 0.803. The van der Waals surface area contributed by atoms with Gasteiger partial charge < -0.3 is 19.7 Å². The number of anilines is 1. The van der Waals surface area contributed by atoms with Crippen LogP contribution >= 0.6 is 0 Å². The zero-order valence-corrected chi connectivity index (χ0v) is 14.4. The first-order valence-corrected chi connectivity index (χ1v) is 7.86. The molecular weight excluding hydrogens is 288 g/mol. The summed E-state index contributed by atoms with van der Waals surface area (Å²) in [5.41, 5.74) is 2.30. The molecule has 0 spiro atoms. The van der Waals surface area contributed by atoms with Gasteiger partial charge in [0.15, 0.2) is 0 Å². The van der Waals surface area contributed by atoms with E-state index in [2.05, 4.69) is 29.3 Å². The molecule has 0 saturated carbocycles. The predicted molar refractivity (Wildman–Crippen MR) is 95.5 cm³/mol. The van der Waals surface area contributed by atoms with Crippen molar-refractivity contribution in [2.75, 3.05) is 39.7 Å². The molecule has 0 aromatic heterocycles. The molecule has 4 nitrogen and oxygen atoms in total. The molecule has 0 fully saturated rings. The van der Waals surface area contributed by atoms with Gasteiger partial charge in [-0.15, -0.1) is 0 Å². The van der Waals surface area contributed by atoms with E-state index in [1.54, 1.807) is 7.11 Å². The van der Waals surface area contributed by atoms with Gasteiger partial charge in [0.1, 0.15) is 18.1 Å². The Labute approximate surface area is 139 Å². The summed E-state index contributed by atoms with van der Waals surface area (Å²) in [5.74, 6) is 1.77. The van der Waals surface area contributed by atoms with Crippen molar-refractivity contribution in [1.82, 2.24) is 4.90 Å².